The first-order valence-corrected chi connectivity index (χ1v) is 6.92. The molecule has 1 aliphatic carbocycles. The number of rotatable bonds is 4. The van der Waals surface area contributed by atoms with Gasteiger partial charge >= 0.3 is 12.0 Å². The van der Waals surface area contributed by atoms with Crippen LogP contribution in [0.15, 0.2) is 22.7 Å². The smallest absolute Gasteiger partial charge is 0.329 e. The van der Waals surface area contributed by atoms with Crippen LogP contribution in [0.4, 0.5) is 10.5 Å². The van der Waals surface area contributed by atoms with E-state index in [0.29, 0.717) is 28.8 Å². The number of carbonyl (C=O) groups is 2. The molecule has 0 radical (unpaired) electrons. The van der Waals surface area contributed by atoms with Crippen molar-refractivity contribution >= 4 is 33.6 Å². The number of amides is 2. The van der Waals surface area contributed by atoms with Crippen molar-refractivity contribution in [2.45, 2.75) is 24.8 Å². The number of methoxy groups -OCH3 is 1. The molecule has 0 unspecified atom stereocenters. The van der Waals surface area contributed by atoms with Crippen molar-refractivity contribution in [2.75, 3.05) is 12.4 Å². The second-order valence-corrected chi connectivity index (χ2v) is 5.52. The van der Waals surface area contributed by atoms with Crippen LogP contribution in [0.3, 0.4) is 0 Å². The molecular formula is C13H15BrN2O4. The van der Waals surface area contributed by atoms with Crippen LogP contribution in [0, 0.1) is 0 Å². The van der Waals surface area contributed by atoms with Crippen molar-refractivity contribution in [2.24, 2.45) is 0 Å². The number of hydrogen-bond donors (Lipinski definition) is 3. The highest BCUT2D eigenvalue weighted by Crippen LogP contribution is 2.32. The summed E-state index contributed by atoms with van der Waals surface area (Å²) in [4.78, 5) is 23.1. The number of hydrogen-bond acceptors (Lipinski definition) is 3. The van der Waals surface area contributed by atoms with Gasteiger partial charge in [-0.25, -0.2) is 9.59 Å². The Bertz CT molecular complexity index is 543. The van der Waals surface area contributed by atoms with Gasteiger partial charge in [0.2, 0.25) is 0 Å². The summed E-state index contributed by atoms with van der Waals surface area (Å²) in [7, 11) is 1.53. The molecule has 1 aromatic rings. The summed E-state index contributed by atoms with van der Waals surface area (Å²) in [5.41, 5.74) is -0.614. The van der Waals surface area contributed by atoms with Crippen molar-refractivity contribution in [1.29, 1.82) is 0 Å². The maximum absolute atomic E-state index is 11.9. The summed E-state index contributed by atoms with van der Waals surface area (Å²) in [5.74, 6) is -0.399. The molecule has 108 valence electrons. The summed E-state index contributed by atoms with van der Waals surface area (Å²) in [6.07, 6.45) is 1.71. The molecule has 1 aromatic carbocycles. The van der Waals surface area contributed by atoms with Gasteiger partial charge in [0, 0.05) is 10.5 Å². The summed E-state index contributed by atoms with van der Waals surface area (Å²) < 4.78 is 5.76. The second-order valence-electron chi connectivity index (χ2n) is 4.67. The quantitative estimate of drug-likeness (QED) is 0.784. The summed E-state index contributed by atoms with van der Waals surface area (Å²) in [6, 6.07) is 4.60. The topological polar surface area (TPSA) is 87.7 Å². The zero-order chi connectivity index (χ0) is 14.8. The third-order valence-electron chi connectivity index (χ3n) is 3.39. The first-order chi connectivity index (χ1) is 9.47. The Kier molecular flexibility index (Phi) is 4.17. The normalized spacial score (nSPS) is 15.9. The van der Waals surface area contributed by atoms with Gasteiger partial charge < -0.3 is 20.5 Å². The van der Waals surface area contributed by atoms with Gasteiger partial charge in [-0.3, -0.25) is 0 Å². The number of carboxylic acids is 1. The number of benzene rings is 1. The van der Waals surface area contributed by atoms with Crippen LogP contribution in [-0.2, 0) is 4.79 Å². The Morgan fingerprint density at radius 2 is 2.10 bits per heavy atom. The van der Waals surface area contributed by atoms with E-state index in [4.69, 9.17) is 9.84 Å². The lowest BCUT2D eigenvalue weighted by molar-refractivity contribution is -0.148. The first-order valence-electron chi connectivity index (χ1n) is 6.13. The molecule has 0 saturated heterocycles. The fourth-order valence-electron chi connectivity index (χ4n) is 2.02. The molecule has 0 spiro atoms. The van der Waals surface area contributed by atoms with Crippen LogP contribution < -0.4 is 15.4 Å². The van der Waals surface area contributed by atoms with E-state index in [1.54, 1.807) is 18.2 Å². The standard InChI is InChI=1S/C13H15BrN2O4/c1-20-8-3-4-9(14)10(7-8)15-12(19)16-13(11(17)18)5-2-6-13/h3-4,7H,2,5-6H2,1H3,(H,17,18)(H2,15,16,19). The summed E-state index contributed by atoms with van der Waals surface area (Å²) in [5, 5.41) is 14.3. The van der Waals surface area contributed by atoms with Gasteiger partial charge in [0.05, 0.1) is 12.8 Å². The van der Waals surface area contributed by atoms with Gasteiger partial charge in [-0.2, -0.15) is 0 Å². The third-order valence-corrected chi connectivity index (χ3v) is 4.08. The van der Waals surface area contributed by atoms with E-state index in [1.165, 1.54) is 7.11 Å². The maximum atomic E-state index is 11.9. The van der Waals surface area contributed by atoms with Gasteiger partial charge in [-0.15, -0.1) is 0 Å². The molecule has 0 aromatic heterocycles. The highest BCUT2D eigenvalue weighted by molar-refractivity contribution is 9.10. The van der Waals surface area contributed by atoms with Gasteiger partial charge in [-0.1, -0.05) is 0 Å². The van der Waals surface area contributed by atoms with Crippen LogP contribution in [0.5, 0.6) is 5.75 Å². The van der Waals surface area contributed by atoms with E-state index in [-0.39, 0.29) is 0 Å². The predicted molar refractivity (Wildman–Crippen MR) is 77.1 cm³/mol. The van der Waals surface area contributed by atoms with E-state index >= 15 is 0 Å². The van der Waals surface area contributed by atoms with E-state index in [2.05, 4.69) is 26.6 Å². The van der Waals surface area contributed by atoms with E-state index in [9.17, 15) is 9.59 Å². The third kappa shape index (κ3) is 2.87. The summed E-state index contributed by atoms with van der Waals surface area (Å²) in [6.45, 7) is 0. The molecule has 0 atom stereocenters. The predicted octanol–water partition coefficient (Wildman–Crippen LogP) is 2.59. The van der Waals surface area contributed by atoms with Crippen molar-refractivity contribution in [3.8, 4) is 5.75 Å². The van der Waals surface area contributed by atoms with E-state index < -0.39 is 17.5 Å². The number of carbonyl (C=O) groups excluding carboxylic acids is 1. The number of anilines is 1. The molecule has 0 bridgehead atoms. The molecule has 7 heteroatoms. The molecule has 20 heavy (non-hydrogen) atoms. The van der Waals surface area contributed by atoms with Crippen LogP contribution >= 0.6 is 15.9 Å². The van der Waals surface area contributed by atoms with E-state index in [0.717, 1.165) is 6.42 Å². The second kappa shape index (κ2) is 5.70. The Hall–Kier alpha value is -1.76. The van der Waals surface area contributed by atoms with Crippen molar-refractivity contribution in [3.05, 3.63) is 22.7 Å². The fraction of sp³-hybridized carbons (Fsp3) is 0.385. The van der Waals surface area contributed by atoms with Crippen molar-refractivity contribution in [3.63, 3.8) is 0 Å². The Labute approximate surface area is 124 Å². The average molecular weight is 343 g/mol. The number of halogens is 1. The largest absolute Gasteiger partial charge is 0.497 e. The Morgan fingerprint density at radius 3 is 2.60 bits per heavy atom. The molecular weight excluding hydrogens is 328 g/mol. The SMILES string of the molecule is COc1ccc(Br)c(NC(=O)NC2(C(=O)O)CCC2)c1. The zero-order valence-corrected chi connectivity index (χ0v) is 12.5. The molecule has 2 rings (SSSR count). The maximum Gasteiger partial charge on any atom is 0.329 e. The molecule has 1 saturated carbocycles. The zero-order valence-electron chi connectivity index (χ0n) is 10.9. The molecule has 6 nitrogen and oxygen atoms in total. The average Bonchev–Trinajstić information content (AvgIpc) is 2.36. The Balaban J connectivity index is 2.06. The molecule has 1 aliphatic rings. The summed E-state index contributed by atoms with van der Waals surface area (Å²) >= 11 is 3.31. The minimum atomic E-state index is -1.13. The lowest BCUT2D eigenvalue weighted by Gasteiger charge is -2.38. The molecule has 1 fully saturated rings. The van der Waals surface area contributed by atoms with Crippen LogP contribution in [0.1, 0.15) is 19.3 Å². The van der Waals surface area contributed by atoms with Gasteiger partial charge in [-0.05, 0) is 47.3 Å². The molecule has 0 heterocycles. The van der Waals surface area contributed by atoms with Crippen LogP contribution in [-0.4, -0.2) is 29.8 Å². The van der Waals surface area contributed by atoms with Crippen LogP contribution in [0.25, 0.3) is 0 Å². The number of ether oxygens (including phenoxy) is 1. The van der Waals surface area contributed by atoms with Gasteiger partial charge in [0.25, 0.3) is 0 Å². The molecule has 2 amide bonds. The van der Waals surface area contributed by atoms with E-state index in [1.807, 2.05) is 0 Å². The number of nitrogens with one attached hydrogen (secondary N) is 2. The van der Waals surface area contributed by atoms with Crippen molar-refractivity contribution < 1.29 is 19.4 Å². The molecule has 3 N–H and O–H groups in total. The lowest BCUT2D eigenvalue weighted by Crippen LogP contribution is -2.60. The lowest BCUT2D eigenvalue weighted by atomic mass is 9.77. The van der Waals surface area contributed by atoms with Crippen LogP contribution in [0.2, 0.25) is 0 Å². The Morgan fingerprint density at radius 1 is 1.40 bits per heavy atom. The molecule has 0 aliphatic heterocycles. The number of urea groups is 1. The van der Waals surface area contributed by atoms with Gasteiger partial charge in [0.1, 0.15) is 11.3 Å². The van der Waals surface area contributed by atoms with Crippen molar-refractivity contribution in [1.82, 2.24) is 5.32 Å². The number of carboxylic acid groups (broad SMARTS) is 1. The highest BCUT2D eigenvalue weighted by atomic mass is 79.9. The fourth-order valence-corrected chi connectivity index (χ4v) is 2.37. The van der Waals surface area contributed by atoms with Gasteiger partial charge in [0.15, 0.2) is 0 Å². The number of aliphatic carboxylic acids is 1. The highest BCUT2D eigenvalue weighted by Gasteiger charge is 2.45. The monoisotopic (exact) mass is 342 g/mol. The first kappa shape index (κ1) is 14.6. The minimum absolute atomic E-state index is 0.453. The minimum Gasteiger partial charge on any atom is -0.497 e.